The van der Waals surface area contributed by atoms with Crippen LogP contribution in [0.2, 0.25) is 0 Å². The van der Waals surface area contributed by atoms with E-state index in [-0.39, 0.29) is 41.2 Å². The van der Waals surface area contributed by atoms with E-state index in [2.05, 4.69) is 14.7 Å². The Morgan fingerprint density at radius 3 is 2.61 bits per heavy atom. The van der Waals surface area contributed by atoms with Gasteiger partial charge in [-0.05, 0) is 6.07 Å². The molecular formula is C14H12FN3O5. The van der Waals surface area contributed by atoms with Gasteiger partial charge in [-0.3, -0.25) is 0 Å². The number of fused-ring (bicyclic) bond motifs is 1. The van der Waals surface area contributed by atoms with Crippen LogP contribution in [0, 0.1) is 5.82 Å². The number of nitrogens with two attached hydrogens (primary N) is 1. The fourth-order valence-electron chi connectivity index (χ4n) is 2.11. The van der Waals surface area contributed by atoms with Gasteiger partial charge < -0.3 is 24.7 Å². The number of nitrogens with zero attached hydrogens (tertiary/aromatic N) is 2. The lowest BCUT2D eigenvalue weighted by molar-refractivity contribution is 0.0590. The summed E-state index contributed by atoms with van der Waals surface area (Å²) in [6, 6.07) is 2.53. The molecule has 0 fully saturated rings. The van der Waals surface area contributed by atoms with Gasteiger partial charge in [-0.1, -0.05) is 0 Å². The summed E-state index contributed by atoms with van der Waals surface area (Å²) in [4.78, 5) is 19.8. The molecule has 0 spiro atoms. The van der Waals surface area contributed by atoms with E-state index >= 15 is 0 Å². The first-order valence-electron chi connectivity index (χ1n) is 6.44. The molecule has 0 radical (unpaired) electrons. The van der Waals surface area contributed by atoms with Crippen molar-refractivity contribution in [3.05, 3.63) is 23.6 Å². The summed E-state index contributed by atoms with van der Waals surface area (Å²) >= 11 is 0. The van der Waals surface area contributed by atoms with Crippen LogP contribution < -0.4 is 19.9 Å². The Kier molecular flexibility index (Phi) is 3.61. The van der Waals surface area contributed by atoms with Gasteiger partial charge in [-0.15, -0.1) is 0 Å². The number of anilines is 1. The molecule has 8 nitrogen and oxygen atoms in total. The molecule has 0 bridgehead atoms. The van der Waals surface area contributed by atoms with Crippen molar-refractivity contribution >= 4 is 11.8 Å². The maximum atomic E-state index is 14.3. The smallest absolute Gasteiger partial charge is 0.360 e. The highest BCUT2D eigenvalue weighted by atomic mass is 19.1. The monoisotopic (exact) mass is 321 g/mol. The third-order valence-electron chi connectivity index (χ3n) is 3.18. The number of esters is 1. The number of hydrogen-bond donors (Lipinski definition) is 1. The fraction of sp³-hybridized carbons (Fsp3) is 0.214. The lowest BCUT2D eigenvalue weighted by Crippen LogP contribution is -2.12. The lowest BCUT2D eigenvalue weighted by Gasteiger charge is -2.11. The summed E-state index contributed by atoms with van der Waals surface area (Å²) in [5, 5.41) is 0. The van der Waals surface area contributed by atoms with E-state index in [1.54, 1.807) is 0 Å². The van der Waals surface area contributed by atoms with Crippen LogP contribution in [0.15, 0.2) is 12.1 Å². The van der Waals surface area contributed by atoms with Gasteiger partial charge in [-0.25, -0.2) is 19.2 Å². The molecule has 1 aromatic heterocycles. The van der Waals surface area contributed by atoms with Crippen LogP contribution in [0.25, 0.3) is 11.4 Å². The van der Waals surface area contributed by atoms with Gasteiger partial charge in [0.15, 0.2) is 34.6 Å². The number of aromatic nitrogens is 2. The molecule has 1 aliphatic rings. The largest absolute Gasteiger partial charge is 0.491 e. The molecule has 2 heterocycles. The molecule has 0 unspecified atom stereocenters. The van der Waals surface area contributed by atoms with E-state index < -0.39 is 11.8 Å². The number of carbonyl (C=O) groups is 1. The number of ether oxygens (including phenoxy) is 4. The zero-order valence-corrected chi connectivity index (χ0v) is 12.3. The summed E-state index contributed by atoms with van der Waals surface area (Å²) < 4.78 is 34.2. The Morgan fingerprint density at radius 1 is 1.26 bits per heavy atom. The molecule has 0 aliphatic carbocycles. The zero-order valence-electron chi connectivity index (χ0n) is 12.3. The normalized spacial score (nSPS) is 12.1. The topological polar surface area (TPSA) is 106 Å². The Labute approximate surface area is 130 Å². The van der Waals surface area contributed by atoms with Gasteiger partial charge in [0.25, 0.3) is 0 Å². The molecule has 0 saturated heterocycles. The van der Waals surface area contributed by atoms with E-state index in [1.165, 1.54) is 20.3 Å². The van der Waals surface area contributed by atoms with E-state index in [9.17, 15) is 9.18 Å². The second-order valence-corrected chi connectivity index (χ2v) is 4.49. The highest BCUT2D eigenvalue weighted by Gasteiger charge is 2.24. The van der Waals surface area contributed by atoms with Gasteiger partial charge in [0.2, 0.25) is 6.79 Å². The first-order valence-corrected chi connectivity index (χ1v) is 6.44. The second-order valence-electron chi connectivity index (χ2n) is 4.49. The van der Waals surface area contributed by atoms with E-state index in [0.29, 0.717) is 5.75 Å². The van der Waals surface area contributed by atoms with Gasteiger partial charge in [0, 0.05) is 6.07 Å². The molecule has 0 atom stereocenters. The van der Waals surface area contributed by atoms with Gasteiger partial charge in [0.05, 0.1) is 19.8 Å². The van der Waals surface area contributed by atoms with Crippen LogP contribution >= 0.6 is 0 Å². The molecule has 3 rings (SSSR count). The molecule has 2 aromatic rings. The van der Waals surface area contributed by atoms with Crippen molar-refractivity contribution in [2.75, 3.05) is 26.7 Å². The Balaban J connectivity index is 2.17. The minimum absolute atomic E-state index is 0.00273. The average molecular weight is 321 g/mol. The second kappa shape index (κ2) is 5.59. The number of methoxy groups -OCH3 is 2. The highest BCUT2D eigenvalue weighted by molar-refractivity contribution is 5.92. The summed E-state index contributed by atoms with van der Waals surface area (Å²) in [6.07, 6.45) is 0. The summed E-state index contributed by atoms with van der Waals surface area (Å²) in [6.45, 7) is -0.00273. The third-order valence-corrected chi connectivity index (χ3v) is 3.18. The Hall–Kier alpha value is -3.10. The average Bonchev–Trinajstić information content (AvgIpc) is 2.99. The number of nitrogen functional groups attached to an aromatic ring is 1. The Morgan fingerprint density at radius 2 is 1.96 bits per heavy atom. The predicted molar refractivity (Wildman–Crippen MR) is 75.9 cm³/mol. The molecule has 1 aliphatic heterocycles. The van der Waals surface area contributed by atoms with Gasteiger partial charge >= 0.3 is 5.97 Å². The van der Waals surface area contributed by atoms with E-state index in [1.807, 2.05) is 0 Å². The minimum atomic E-state index is -0.779. The molecule has 9 heteroatoms. The van der Waals surface area contributed by atoms with Crippen molar-refractivity contribution in [1.29, 1.82) is 0 Å². The maximum Gasteiger partial charge on any atom is 0.360 e. The van der Waals surface area contributed by atoms with Gasteiger partial charge in [0.1, 0.15) is 5.82 Å². The first-order chi connectivity index (χ1) is 11.0. The maximum absolute atomic E-state index is 14.3. The zero-order chi connectivity index (χ0) is 16.6. The standard InChI is InChI=1S/C14H12FN3O5/c1-20-11-10(14(19)21-2)17-13(18-12(11)16)6-3-8-9(4-7(6)15)23-5-22-8/h3-4H,5H2,1-2H3,(H2,16,17,18). The first kappa shape index (κ1) is 14.8. The number of halogens is 1. The van der Waals surface area contributed by atoms with E-state index in [0.717, 1.165) is 6.07 Å². The third kappa shape index (κ3) is 2.45. The minimum Gasteiger partial charge on any atom is -0.491 e. The van der Waals surface area contributed by atoms with Crippen LogP contribution in [-0.4, -0.2) is 36.9 Å². The van der Waals surface area contributed by atoms with Gasteiger partial charge in [-0.2, -0.15) is 0 Å². The molecule has 0 saturated carbocycles. The molecule has 23 heavy (non-hydrogen) atoms. The van der Waals surface area contributed by atoms with Crippen LogP contribution in [0.4, 0.5) is 10.2 Å². The van der Waals surface area contributed by atoms with Crippen molar-refractivity contribution in [2.24, 2.45) is 0 Å². The van der Waals surface area contributed by atoms with Crippen molar-refractivity contribution < 1.29 is 28.1 Å². The molecular weight excluding hydrogens is 309 g/mol. The van der Waals surface area contributed by atoms with Crippen LogP contribution in [0.5, 0.6) is 17.2 Å². The summed E-state index contributed by atoms with van der Waals surface area (Å²) in [7, 11) is 2.49. The fourth-order valence-corrected chi connectivity index (χ4v) is 2.11. The quantitative estimate of drug-likeness (QED) is 0.845. The summed E-state index contributed by atoms with van der Waals surface area (Å²) in [5.74, 6) is -1.05. The van der Waals surface area contributed by atoms with Crippen molar-refractivity contribution in [3.8, 4) is 28.6 Å². The molecule has 1 aromatic carbocycles. The molecule has 2 N–H and O–H groups in total. The number of carbonyl (C=O) groups excluding carboxylic acids is 1. The summed E-state index contributed by atoms with van der Waals surface area (Å²) in [5.41, 5.74) is 5.57. The van der Waals surface area contributed by atoms with E-state index in [4.69, 9.17) is 19.9 Å². The Bertz CT molecular complexity index is 796. The molecule has 0 amide bonds. The van der Waals surface area contributed by atoms with Crippen molar-refractivity contribution in [1.82, 2.24) is 9.97 Å². The van der Waals surface area contributed by atoms with Crippen LogP contribution in [0.1, 0.15) is 10.5 Å². The van der Waals surface area contributed by atoms with Crippen molar-refractivity contribution in [2.45, 2.75) is 0 Å². The number of hydrogen-bond acceptors (Lipinski definition) is 8. The highest BCUT2D eigenvalue weighted by Crippen LogP contribution is 2.38. The number of benzene rings is 1. The number of rotatable bonds is 3. The van der Waals surface area contributed by atoms with Crippen LogP contribution in [-0.2, 0) is 4.74 Å². The predicted octanol–water partition coefficient (Wildman–Crippen LogP) is 1.39. The van der Waals surface area contributed by atoms with Crippen LogP contribution in [0.3, 0.4) is 0 Å². The molecule has 120 valence electrons. The SMILES string of the molecule is COC(=O)c1nc(-c2cc3c(cc2F)OCO3)nc(N)c1OC. The van der Waals surface area contributed by atoms with Crippen molar-refractivity contribution in [3.63, 3.8) is 0 Å². The lowest BCUT2D eigenvalue weighted by atomic mass is 10.1.